The number of hydrogen-bond acceptors (Lipinski definition) is 3. The molecular weight excluding hydrogens is 282 g/mol. The zero-order chi connectivity index (χ0) is 15.5. The Kier molecular flexibility index (Phi) is 3.91. The van der Waals surface area contributed by atoms with Crippen LogP contribution >= 0.6 is 0 Å². The Morgan fingerprint density at radius 1 is 1.23 bits per heavy atom. The van der Waals surface area contributed by atoms with Crippen LogP contribution in [0.4, 0.5) is 0 Å². The van der Waals surface area contributed by atoms with E-state index < -0.39 is 11.9 Å². The van der Waals surface area contributed by atoms with Gasteiger partial charge in [0.2, 0.25) is 5.91 Å². The number of hydrogen-bond donors (Lipinski definition) is 1. The van der Waals surface area contributed by atoms with E-state index in [9.17, 15) is 9.59 Å². The first-order chi connectivity index (χ1) is 10.6. The fourth-order valence-corrected chi connectivity index (χ4v) is 2.73. The molecular formula is C16H17N3O3. The highest BCUT2D eigenvalue weighted by Gasteiger charge is 2.34. The highest BCUT2D eigenvalue weighted by Crippen LogP contribution is 2.22. The predicted molar refractivity (Wildman–Crippen MR) is 78.9 cm³/mol. The third kappa shape index (κ3) is 3.00. The molecule has 6 heteroatoms. The largest absolute Gasteiger partial charge is 0.481 e. The second-order valence-electron chi connectivity index (χ2n) is 5.49. The van der Waals surface area contributed by atoms with Gasteiger partial charge in [-0.2, -0.15) is 5.10 Å². The van der Waals surface area contributed by atoms with Crippen LogP contribution in [0.25, 0.3) is 0 Å². The Morgan fingerprint density at radius 3 is 2.55 bits per heavy atom. The minimum Gasteiger partial charge on any atom is -0.481 e. The van der Waals surface area contributed by atoms with Gasteiger partial charge in [-0.1, -0.05) is 24.3 Å². The van der Waals surface area contributed by atoms with Crippen LogP contribution in [0.5, 0.6) is 0 Å². The van der Waals surface area contributed by atoms with E-state index in [0.29, 0.717) is 13.1 Å². The summed E-state index contributed by atoms with van der Waals surface area (Å²) >= 11 is 0. The van der Waals surface area contributed by atoms with E-state index in [4.69, 9.17) is 5.11 Å². The van der Waals surface area contributed by atoms with Crippen LogP contribution in [0.3, 0.4) is 0 Å². The lowest BCUT2D eigenvalue weighted by Gasteiger charge is -2.18. The lowest BCUT2D eigenvalue weighted by Crippen LogP contribution is -2.26. The number of carboxylic acids is 1. The monoisotopic (exact) mass is 299 g/mol. The average molecular weight is 299 g/mol. The first kappa shape index (κ1) is 14.3. The lowest BCUT2D eigenvalue weighted by atomic mass is 10.1. The van der Waals surface area contributed by atoms with Gasteiger partial charge in [0.25, 0.3) is 0 Å². The van der Waals surface area contributed by atoms with Crippen molar-refractivity contribution in [3.63, 3.8) is 0 Å². The number of amides is 1. The molecule has 1 saturated heterocycles. The molecule has 0 saturated carbocycles. The van der Waals surface area contributed by atoms with Gasteiger partial charge in [-0.05, 0) is 17.2 Å². The molecule has 0 bridgehead atoms. The van der Waals surface area contributed by atoms with Crippen LogP contribution in [0.15, 0.2) is 42.7 Å². The lowest BCUT2D eigenvalue weighted by molar-refractivity contribution is -0.141. The summed E-state index contributed by atoms with van der Waals surface area (Å²) in [6.07, 6.45) is 3.71. The molecule has 114 valence electrons. The van der Waals surface area contributed by atoms with Crippen molar-refractivity contribution in [3.05, 3.63) is 53.9 Å². The van der Waals surface area contributed by atoms with E-state index >= 15 is 0 Å². The zero-order valence-electron chi connectivity index (χ0n) is 12.1. The maximum Gasteiger partial charge on any atom is 0.308 e. The molecule has 3 rings (SSSR count). The molecule has 1 aliphatic rings. The SMILES string of the molecule is O=C(O)[C@H]1CC(=O)N(Cc2ccccc2Cn2cccn2)C1. The van der Waals surface area contributed by atoms with Crippen LogP contribution in [-0.2, 0) is 22.7 Å². The Morgan fingerprint density at radius 2 is 1.95 bits per heavy atom. The van der Waals surface area contributed by atoms with E-state index in [-0.39, 0.29) is 18.9 Å². The van der Waals surface area contributed by atoms with Crippen LogP contribution < -0.4 is 0 Å². The molecule has 1 aromatic carbocycles. The fraction of sp³-hybridized carbons (Fsp3) is 0.312. The Labute approximate surface area is 128 Å². The molecule has 0 aliphatic carbocycles. The van der Waals surface area contributed by atoms with Crippen molar-refractivity contribution in [2.24, 2.45) is 5.92 Å². The standard InChI is InChI=1S/C16H17N3O3/c20-15-8-14(16(21)22)10-18(15)9-12-4-1-2-5-13(12)11-19-7-3-6-17-19/h1-7,14H,8-11H2,(H,21,22)/t14-/m0/s1. The minimum atomic E-state index is -0.902. The van der Waals surface area contributed by atoms with E-state index in [0.717, 1.165) is 11.1 Å². The van der Waals surface area contributed by atoms with Crippen molar-refractivity contribution < 1.29 is 14.7 Å². The molecule has 1 fully saturated rings. The number of carbonyl (C=O) groups is 2. The molecule has 1 N–H and O–H groups in total. The van der Waals surface area contributed by atoms with Gasteiger partial charge in [0, 0.05) is 31.9 Å². The van der Waals surface area contributed by atoms with Crippen LogP contribution in [0.2, 0.25) is 0 Å². The van der Waals surface area contributed by atoms with Gasteiger partial charge in [-0.15, -0.1) is 0 Å². The molecule has 2 aromatic rings. The van der Waals surface area contributed by atoms with Gasteiger partial charge in [-0.25, -0.2) is 0 Å². The van der Waals surface area contributed by atoms with Crippen molar-refractivity contribution in [2.75, 3.05) is 6.54 Å². The van der Waals surface area contributed by atoms with Gasteiger partial charge >= 0.3 is 5.97 Å². The van der Waals surface area contributed by atoms with Crippen molar-refractivity contribution in [2.45, 2.75) is 19.5 Å². The molecule has 22 heavy (non-hydrogen) atoms. The second-order valence-corrected chi connectivity index (χ2v) is 5.49. The van der Waals surface area contributed by atoms with Gasteiger partial charge < -0.3 is 10.0 Å². The Bertz CT molecular complexity index is 682. The van der Waals surface area contributed by atoms with Gasteiger partial charge in [0.1, 0.15) is 0 Å². The summed E-state index contributed by atoms with van der Waals surface area (Å²) < 4.78 is 1.82. The van der Waals surface area contributed by atoms with Crippen LogP contribution in [0.1, 0.15) is 17.5 Å². The number of benzene rings is 1. The molecule has 0 spiro atoms. The van der Waals surface area contributed by atoms with Crippen LogP contribution in [-0.4, -0.2) is 38.2 Å². The predicted octanol–water partition coefficient (Wildman–Crippen LogP) is 1.36. The maximum absolute atomic E-state index is 12.0. The van der Waals surface area contributed by atoms with Crippen LogP contribution in [0, 0.1) is 5.92 Å². The van der Waals surface area contributed by atoms with E-state index in [1.165, 1.54) is 0 Å². The van der Waals surface area contributed by atoms with Crippen molar-refractivity contribution in [1.29, 1.82) is 0 Å². The third-order valence-corrected chi connectivity index (χ3v) is 3.93. The summed E-state index contributed by atoms with van der Waals surface area (Å²) in [5.41, 5.74) is 2.11. The molecule has 1 aliphatic heterocycles. The number of likely N-dealkylation sites (tertiary alicyclic amines) is 1. The maximum atomic E-state index is 12.0. The third-order valence-electron chi connectivity index (χ3n) is 3.93. The molecule has 2 heterocycles. The number of rotatable bonds is 5. The van der Waals surface area contributed by atoms with Crippen molar-refractivity contribution in [1.82, 2.24) is 14.7 Å². The highest BCUT2D eigenvalue weighted by atomic mass is 16.4. The number of nitrogens with zero attached hydrogens (tertiary/aromatic N) is 3. The van der Waals surface area contributed by atoms with E-state index in [2.05, 4.69) is 5.10 Å². The molecule has 1 aromatic heterocycles. The summed E-state index contributed by atoms with van der Waals surface area (Å²) in [4.78, 5) is 24.6. The summed E-state index contributed by atoms with van der Waals surface area (Å²) in [7, 11) is 0. The number of aromatic nitrogens is 2. The molecule has 1 atom stereocenters. The smallest absolute Gasteiger partial charge is 0.308 e. The molecule has 1 amide bonds. The topological polar surface area (TPSA) is 75.4 Å². The van der Waals surface area contributed by atoms with Gasteiger partial charge in [-0.3, -0.25) is 14.3 Å². The molecule has 0 radical (unpaired) electrons. The molecule has 0 unspecified atom stereocenters. The van der Waals surface area contributed by atoms with E-state index in [1.54, 1.807) is 11.1 Å². The average Bonchev–Trinajstić information content (AvgIpc) is 3.12. The molecule has 6 nitrogen and oxygen atoms in total. The Hall–Kier alpha value is -2.63. The first-order valence-corrected chi connectivity index (χ1v) is 7.18. The minimum absolute atomic E-state index is 0.0939. The fourth-order valence-electron chi connectivity index (χ4n) is 2.73. The summed E-state index contributed by atoms with van der Waals surface area (Å²) in [5, 5.41) is 13.2. The van der Waals surface area contributed by atoms with Gasteiger partial charge in [0.05, 0.1) is 12.5 Å². The highest BCUT2D eigenvalue weighted by molar-refractivity contribution is 5.86. The number of carboxylic acid groups (broad SMARTS) is 1. The number of aliphatic carboxylic acids is 1. The van der Waals surface area contributed by atoms with Gasteiger partial charge in [0.15, 0.2) is 0 Å². The number of carbonyl (C=O) groups excluding carboxylic acids is 1. The Balaban J connectivity index is 1.75. The first-order valence-electron chi connectivity index (χ1n) is 7.18. The quantitative estimate of drug-likeness (QED) is 0.904. The van der Waals surface area contributed by atoms with Crippen molar-refractivity contribution >= 4 is 11.9 Å². The zero-order valence-corrected chi connectivity index (χ0v) is 12.1. The normalized spacial score (nSPS) is 17.9. The van der Waals surface area contributed by atoms with Crippen molar-refractivity contribution in [3.8, 4) is 0 Å². The summed E-state index contributed by atoms with van der Waals surface area (Å²) in [6.45, 7) is 1.36. The summed E-state index contributed by atoms with van der Waals surface area (Å²) in [5.74, 6) is -1.59. The summed E-state index contributed by atoms with van der Waals surface area (Å²) in [6, 6.07) is 9.72. The second kappa shape index (κ2) is 6.01. The van der Waals surface area contributed by atoms with E-state index in [1.807, 2.05) is 41.2 Å².